The van der Waals surface area contributed by atoms with Crippen LogP contribution in [0.3, 0.4) is 0 Å². The van der Waals surface area contributed by atoms with Crippen LogP contribution in [-0.4, -0.2) is 44.7 Å². The van der Waals surface area contributed by atoms with Gasteiger partial charge in [-0.25, -0.2) is 0 Å². The highest BCUT2D eigenvalue weighted by Crippen LogP contribution is 2.25. The highest BCUT2D eigenvalue weighted by atomic mass is 127. The summed E-state index contributed by atoms with van der Waals surface area (Å²) in [7, 11) is 3.60. The second-order valence-corrected chi connectivity index (χ2v) is 6.24. The van der Waals surface area contributed by atoms with Crippen LogP contribution in [0, 0.1) is 5.92 Å². The van der Waals surface area contributed by atoms with Crippen molar-refractivity contribution in [2.45, 2.75) is 32.6 Å². The van der Waals surface area contributed by atoms with Gasteiger partial charge in [-0.05, 0) is 30.4 Å². The normalized spacial score (nSPS) is 17.4. The molecule has 1 unspecified atom stereocenters. The number of rotatable bonds is 4. The number of halogens is 1. The van der Waals surface area contributed by atoms with Crippen molar-refractivity contribution in [1.29, 1.82) is 0 Å². The summed E-state index contributed by atoms with van der Waals surface area (Å²) in [5.41, 5.74) is 1.24. The summed E-state index contributed by atoms with van der Waals surface area (Å²) in [4.78, 5) is 6.82. The largest absolute Gasteiger partial charge is 0.496 e. The minimum atomic E-state index is 0. The molecule has 0 radical (unpaired) electrons. The Labute approximate surface area is 157 Å². The van der Waals surface area contributed by atoms with Crippen LogP contribution in [0.5, 0.6) is 5.75 Å². The monoisotopic (exact) mass is 431 g/mol. The van der Waals surface area contributed by atoms with E-state index in [-0.39, 0.29) is 24.0 Å². The molecule has 1 fully saturated rings. The van der Waals surface area contributed by atoms with Crippen LogP contribution >= 0.6 is 24.0 Å². The molecule has 2 rings (SSSR count). The SMILES string of the molecule is CN=C(NCC(C)c1ccccc1OC)N1CCC(C)CC1.I. The fourth-order valence-electron chi connectivity index (χ4n) is 2.98. The van der Waals surface area contributed by atoms with Crippen molar-refractivity contribution in [2.75, 3.05) is 33.8 Å². The molecule has 1 aliphatic rings. The molecule has 23 heavy (non-hydrogen) atoms. The predicted molar refractivity (Wildman–Crippen MR) is 108 cm³/mol. The highest BCUT2D eigenvalue weighted by molar-refractivity contribution is 14.0. The third kappa shape index (κ3) is 5.55. The molecular formula is C18H30IN3O. The molecule has 130 valence electrons. The fraction of sp³-hybridized carbons (Fsp3) is 0.611. The van der Waals surface area contributed by atoms with E-state index in [0.717, 1.165) is 37.3 Å². The van der Waals surface area contributed by atoms with E-state index in [1.807, 2.05) is 19.2 Å². The molecule has 0 aliphatic carbocycles. The molecule has 0 amide bonds. The van der Waals surface area contributed by atoms with Crippen LogP contribution in [0.25, 0.3) is 0 Å². The molecule has 1 aromatic carbocycles. The number of likely N-dealkylation sites (tertiary alicyclic amines) is 1. The van der Waals surface area contributed by atoms with Gasteiger partial charge in [0, 0.05) is 32.6 Å². The van der Waals surface area contributed by atoms with E-state index in [0.29, 0.717) is 5.92 Å². The molecule has 5 heteroatoms. The third-order valence-corrected chi connectivity index (χ3v) is 4.53. The van der Waals surface area contributed by atoms with E-state index in [2.05, 4.69) is 41.2 Å². The fourth-order valence-corrected chi connectivity index (χ4v) is 2.98. The van der Waals surface area contributed by atoms with Crippen molar-refractivity contribution in [3.8, 4) is 5.75 Å². The molecule has 1 heterocycles. The van der Waals surface area contributed by atoms with Crippen LogP contribution < -0.4 is 10.1 Å². The molecule has 1 saturated heterocycles. The van der Waals surface area contributed by atoms with Gasteiger partial charge in [-0.3, -0.25) is 4.99 Å². The Morgan fingerprint density at radius 2 is 2.00 bits per heavy atom. The van der Waals surface area contributed by atoms with Crippen molar-refractivity contribution in [3.05, 3.63) is 29.8 Å². The number of hydrogen-bond acceptors (Lipinski definition) is 2. The van der Waals surface area contributed by atoms with Crippen molar-refractivity contribution < 1.29 is 4.74 Å². The number of aliphatic imine (C=N–C) groups is 1. The Morgan fingerprint density at radius 1 is 1.35 bits per heavy atom. The van der Waals surface area contributed by atoms with Crippen LogP contribution in [0.4, 0.5) is 0 Å². The number of hydrogen-bond donors (Lipinski definition) is 1. The lowest BCUT2D eigenvalue weighted by Crippen LogP contribution is -2.46. The van der Waals surface area contributed by atoms with Crippen molar-refractivity contribution in [1.82, 2.24) is 10.2 Å². The number of para-hydroxylation sites is 1. The number of nitrogens with zero attached hydrogens (tertiary/aromatic N) is 2. The van der Waals surface area contributed by atoms with Crippen molar-refractivity contribution in [2.24, 2.45) is 10.9 Å². The maximum absolute atomic E-state index is 5.46. The van der Waals surface area contributed by atoms with E-state index < -0.39 is 0 Å². The zero-order valence-electron chi connectivity index (χ0n) is 14.7. The van der Waals surface area contributed by atoms with Crippen molar-refractivity contribution >= 4 is 29.9 Å². The lowest BCUT2D eigenvalue weighted by molar-refractivity contribution is 0.273. The summed E-state index contributed by atoms with van der Waals surface area (Å²) in [5.74, 6) is 3.19. The molecule has 1 aliphatic heterocycles. The minimum absolute atomic E-state index is 0. The molecule has 0 saturated carbocycles. The average Bonchev–Trinajstić information content (AvgIpc) is 2.56. The van der Waals surface area contributed by atoms with Crippen LogP contribution in [0.15, 0.2) is 29.3 Å². The first-order valence-electron chi connectivity index (χ1n) is 8.24. The van der Waals surface area contributed by atoms with E-state index >= 15 is 0 Å². The number of benzene rings is 1. The van der Waals surface area contributed by atoms with Crippen LogP contribution in [-0.2, 0) is 0 Å². The summed E-state index contributed by atoms with van der Waals surface area (Å²) >= 11 is 0. The van der Waals surface area contributed by atoms with Crippen LogP contribution in [0.2, 0.25) is 0 Å². The maximum Gasteiger partial charge on any atom is 0.193 e. The zero-order valence-corrected chi connectivity index (χ0v) is 17.0. The van der Waals surface area contributed by atoms with Gasteiger partial charge in [-0.1, -0.05) is 32.0 Å². The maximum atomic E-state index is 5.46. The van der Waals surface area contributed by atoms with Gasteiger partial charge in [-0.2, -0.15) is 0 Å². The first-order valence-corrected chi connectivity index (χ1v) is 8.24. The molecule has 4 nitrogen and oxygen atoms in total. The van der Waals surface area contributed by atoms with Gasteiger partial charge in [0.1, 0.15) is 5.75 Å². The Bertz CT molecular complexity index is 499. The van der Waals surface area contributed by atoms with Gasteiger partial charge < -0.3 is 15.0 Å². The van der Waals surface area contributed by atoms with E-state index in [9.17, 15) is 0 Å². The van der Waals surface area contributed by atoms with Gasteiger partial charge in [0.25, 0.3) is 0 Å². The summed E-state index contributed by atoms with van der Waals surface area (Å²) in [6, 6.07) is 8.23. The minimum Gasteiger partial charge on any atom is -0.496 e. The highest BCUT2D eigenvalue weighted by Gasteiger charge is 2.19. The van der Waals surface area contributed by atoms with E-state index in [1.54, 1.807) is 7.11 Å². The van der Waals surface area contributed by atoms with E-state index in [4.69, 9.17) is 4.74 Å². The lowest BCUT2D eigenvalue weighted by atomic mass is 9.99. The van der Waals surface area contributed by atoms with Gasteiger partial charge in [0.15, 0.2) is 5.96 Å². The molecule has 0 aromatic heterocycles. The molecule has 0 bridgehead atoms. The topological polar surface area (TPSA) is 36.9 Å². The summed E-state index contributed by atoms with van der Waals surface area (Å²) in [6.45, 7) is 7.61. The summed E-state index contributed by atoms with van der Waals surface area (Å²) in [6.07, 6.45) is 2.51. The standard InChI is InChI=1S/C18H29N3O.HI/c1-14-9-11-21(12-10-14)18(19-3)20-13-15(2)16-7-5-6-8-17(16)22-4;/h5-8,14-15H,9-13H2,1-4H3,(H,19,20);1H. The lowest BCUT2D eigenvalue weighted by Gasteiger charge is -2.33. The number of ether oxygens (including phenoxy) is 1. The molecule has 1 aromatic rings. The second-order valence-electron chi connectivity index (χ2n) is 6.24. The number of guanidine groups is 1. The number of nitrogens with one attached hydrogen (secondary N) is 1. The van der Waals surface area contributed by atoms with Crippen LogP contribution in [0.1, 0.15) is 38.2 Å². The zero-order chi connectivity index (χ0) is 15.9. The molecule has 0 spiro atoms. The average molecular weight is 431 g/mol. The second kappa shape index (κ2) is 10.0. The molecular weight excluding hydrogens is 401 g/mol. The van der Waals surface area contributed by atoms with E-state index in [1.165, 1.54) is 18.4 Å². The molecule has 1 atom stereocenters. The Balaban J connectivity index is 0.00000264. The Morgan fingerprint density at radius 3 is 2.61 bits per heavy atom. The van der Waals surface area contributed by atoms with Gasteiger partial charge in [0.2, 0.25) is 0 Å². The first kappa shape index (κ1) is 20.1. The van der Waals surface area contributed by atoms with Gasteiger partial charge in [0.05, 0.1) is 7.11 Å². The third-order valence-electron chi connectivity index (χ3n) is 4.53. The smallest absolute Gasteiger partial charge is 0.193 e. The quantitative estimate of drug-likeness (QED) is 0.449. The van der Waals surface area contributed by atoms with Gasteiger partial charge >= 0.3 is 0 Å². The number of methoxy groups -OCH3 is 1. The Kier molecular flexibility index (Phi) is 8.73. The summed E-state index contributed by atoms with van der Waals surface area (Å²) < 4.78 is 5.46. The molecule has 1 N–H and O–H groups in total. The van der Waals surface area contributed by atoms with Crippen molar-refractivity contribution in [3.63, 3.8) is 0 Å². The number of piperidine rings is 1. The first-order chi connectivity index (χ1) is 10.7. The Hall–Kier alpha value is -0.980. The summed E-state index contributed by atoms with van der Waals surface area (Å²) in [5, 5.41) is 3.52. The predicted octanol–water partition coefficient (Wildman–Crippen LogP) is 3.72. The van der Waals surface area contributed by atoms with Gasteiger partial charge in [-0.15, -0.1) is 24.0 Å².